The molecule has 0 saturated heterocycles. The number of esters is 1. The first-order valence-corrected chi connectivity index (χ1v) is 10.7. The van der Waals surface area contributed by atoms with Crippen LogP contribution in [0.2, 0.25) is 0 Å². The molecule has 0 radical (unpaired) electrons. The SMILES string of the molecule is Cc1nc2ccccc2c(C)c1C(=O)OCC(=O)Nc1sc2c(c1C#N)CCCC2. The first-order chi connectivity index (χ1) is 14.5. The van der Waals surface area contributed by atoms with E-state index in [-0.39, 0.29) is 0 Å². The third kappa shape index (κ3) is 3.66. The Labute approximate surface area is 178 Å². The minimum absolute atomic E-state index is 0.380. The van der Waals surface area contributed by atoms with E-state index in [1.54, 1.807) is 6.92 Å². The van der Waals surface area contributed by atoms with Gasteiger partial charge in [-0.3, -0.25) is 9.78 Å². The Bertz CT molecular complexity index is 1210. The zero-order valence-electron chi connectivity index (χ0n) is 16.9. The van der Waals surface area contributed by atoms with Crippen molar-refractivity contribution in [3.8, 4) is 6.07 Å². The highest BCUT2D eigenvalue weighted by Crippen LogP contribution is 2.37. The van der Waals surface area contributed by atoms with Gasteiger partial charge < -0.3 is 10.1 Å². The van der Waals surface area contributed by atoms with Crippen molar-refractivity contribution in [3.63, 3.8) is 0 Å². The largest absolute Gasteiger partial charge is 0.452 e. The number of aromatic nitrogens is 1. The van der Waals surface area contributed by atoms with Crippen LogP contribution in [-0.2, 0) is 22.4 Å². The van der Waals surface area contributed by atoms with Gasteiger partial charge in [0.05, 0.1) is 22.3 Å². The number of anilines is 1. The molecule has 0 atom stereocenters. The number of ether oxygens (including phenoxy) is 1. The molecule has 3 aromatic rings. The Hall–Kier alpha value is -3.24. The molecule has 7 heteroatoms. The number of nitrogens with one attached hydrogen (secondary N) is 1. The lowest BCUT2D eigenvalue weighted by molar-refractivity contribution is -0.119. The third-order valence-electron chi connectivity index (χ3n) is 5.41. The number of hydrogen-bond acceptors (Lipinski definition) is 6. The van der Waals surface area contributed by atoms with Gasteiger partial charge in [0.15, 0.2) is 6.61 Å². The summed E-state index contributed by atoms with van der Waals surface area (Å²) in [7, 11) is 0. The smallest absolute Gasteiger partial charge is 0.340 e. The maximum absolute atomic E-state index is 12.7. The van der Waals surface area contributed by atoms with Crippen molar-refractivity contribution in [1.82, 2.24) is 4.98 Å². The van der Waals surface area contributed by atoms with Crippen molar-refractivity contribution < 1.29 is 14.3 Å². The van der Waals surface area contributed by atoms with Crippen LogP contribution in [0.1, 0.15) is 50.5 Å². The first kappa shape index (κ1) is 20.0. The van der Waals surface area contributed by atoms with E-state index in [0.717, 1.165) is 47.7 Å². The molecule has 0 saturated carbocycles. The molecule has 30 heavy (non-hydrogen) atoms. The Morgan fingerprint density at radius 3 is 2.80 bits per heavy atom. The molecule has 1 amide bonds. The van der Waals surface area contributed by atoms with E-state index < -0.39 is 18.5 Å². The van der Waals surface area contributed by atoms with Gasteiger partial charge in [-0.05, 0) is 56.7 Å². The number of thiophene rings is 1. The van der Waals surface area contributed by atoms with E-state index in [4.69, 9.17) is 4.74 Å². The van der Waals surface area contributed by atoms with Crippen LogP contribution in [0.3, 0.4) is 0 Å². The Morgan fingerprint density at radius 2 is 2.00 bits per heavy atom. The van der Waals surface area contributed by atoms with Gasteiger partial charge in [-0.2, -0.15) is 5.26 Å². The lowest BCUT2D eigenvalue weighted by Crippen LogP contribution is -2.22. The van der Waals surface area contributed by atoms with Gasteiger partial charge in [-0.1, -0.05) is 18.2 Å². The summed E-state index contributed by atoms with van der Waals surface area (Å²) in [5.41, 5.74) is 4.13. The van der Waals surface area contributed by atoms with Crippen LogP contribution < -0.4 is 5.32 Å². The van der Waals surface area contributed by atoms with E-state index in [1.165, 1.54) is 16.2 Å². The standard InChI is InChI=1S/C23H21N3O3S/c1-13-15-7-3-5-9-18(15)25-14(2)21(13)23(28)29-12-20(27)26-22-17(11-24)16-8-4-6-10-19(16)30-22/h3,5,7,9H,4,6,8,10,12H2,1-2H3,(H,26,27). The number of carbonyl (C=O) groups is 2. The molecule has 0 unspecified atom stereocenters. The summed E-state index contributed by atoms with van der Waals surface area (Å²) in [5.74, 6) is -1.04. The molecular weight excluding hydrogens is 398 g/mol. The predicted molar refractivity (Wildman–Crippen MR) is 116 cm³/mol. The number of rotatable bonds is 4. The van der Waals surface area contributed by atoms with Gasteiger partial charge in [0.1, 0.15) is 11.1 Å². The number of carbonyl (C=O) groups excluding carboxylic acids is 2. The zero-order chi connectivity index (χ0) is 21.3. The first-order valence-electron chi connectivity index (χ1n) is 9.87. The second-order valence-electron chi connectivity index (χ2n) is 7.37. The molecule has 0 bridgehead atoms. The van der Waals surface area contributed by atoms with Crippen molar-refractivity contribution in [2.75, 3.05) is 11.9 Å². The fourth-order valence-electron chi connectivity index (χ4n) is 3.97. The number of hydrogen-bond donors (Lipinski definition) is 1. The van der Waals surface area contributed by atoms with Crippen molar-refractivity contribution in [1.29, 1.82) is 5.26 Å². The van der Waals surface area contributed by atoms with Crippen molar-refractivity contribution >= 4 is 39.1 Å². The second-order valence-corrected chi connectivity index (χ2v) is 8.47. The fourth-order valence-corrected chi connectivity index (χ4v) is 5.23. The van der Waals surface area contributed by atoms with E-state index in [2.05, 4.69) is 16.4 Å². The molecule has 1 aromatic carbocycles. The van der Waals surface area contributed by atoms with E-state index in [1.807, 2.05) is 31.2 Å². The monoisotopic (exact) mass is 419 g/mol. The van der Waals surface area contributed by atoms with Crippen molar-refractivity contribution in [3.05, 3.63) is 57.1 Å². The summed E-state index contributed by atoms with van der Waals surface area (Å²) in [6.07, 6.45) is 3.96. The van der Waals surface area contributed by atoms with Gasteiger partial charge in [0.25, 0.3) is 5.91 Å². The van der Waals surface area contributed by atoms with Crippen LogP contribution >= 0.6 is 11.3 Å². The van der Waals surface area contributed by atoms with Crippen molar-refractivity contribution in [2.24, 2.45) is 0 Å². The molecule has 4 rings (SSSR count). The number of para-hydroxylation sites is 1. The topological polar surface area (TPSA) is 92.1 Å². The molecule has 1 aliphatic carbocycles. The lowest BCUT2D eigenvalue weighted by Gasteiger charge is -2.12. The molecule has 0 aliphatic heterocycles. The molecular formula is C23H21N3O3S. The van der Waals surface area contributed by atoms with Crippen molar-refractivity contribution in [2.45, 2.75) is 39.5 Å². The second kappa shape index (κ2) is 8.25. The van der Waals surface area contributed by atoms with Crippen LogP contribution in [0.4, 0.5) is 5.00 Å². The summed E-state index contributed by atoms with van der Waals surface area (Å²) in [6, 6.07) is 9.80. The third-order valence-corrected chi connectivity index (χ3v) is 6.61. The Morgan fingerprint density at radius 1 is 1.23 bits per heavy atom. The highest BCUT2D eigenvalue weighted by molar-refractivity contribution is 7.16. The number of amides is 1. The molecule has 6 nitrogen and oxygen atoms in total. The Kier molecular flexibility index (Phi) is 5.51. The van der Waals surface area contributed by atoms with Gasteiger partial charge in [0.2, 0.25) is 0 Å². The maximum Gasteiger partial charge on any atom is 0.340 e. The number of aryl methyl sites for hydroxylation is 3. The molecule has 0 spiro atoms. The zero-order valence-corrected chi connectivity index (χ0v) is 17.7. The summed E-state index contributed by atoms with van der Waals surface area (Å²) in [5, 5.41) is 13.7. The van der Waals surface area contributed by atoms with E-state index in [9.17, 15) is 14.9 Å². The Balaban J connectivity index is 1.48. The molecule has 1 N–H and O–H groups in total. The van der Waals surface area contributed by atoms with Crippen LogP contribution in [0.5, 0.6) is 0 Å². The molecule has 2 heterocycles. The quantitative estimate of drug-likeness (QED) is 0.631. The molecule has 1 aliphatic rings. The predicted octanol–water partition coefficient (Wildman–Crippen LogP) is 4.46. The fraction of sp³-hybridized carbons (Fsp3) is 0.304. The average molecular weight is 420 g/mol. The van der Waals surface area contributed by atoms with Gasteiger partial charge in [-0.25, -0.2) is 4.79 Å². The number of fused-ring (bicyclic) bond motifs is 2. The van der Waals surface area contributed by atoms with Crippen LogP contribution in [0.25, 0.3) is 10.9 Å². The highest BCUT2D eigenvalue weighted by atomic mass is 32.1. The number of benzene rings is 1. The molecule has 0 fully saturated rings. The van der Waals surface area contributed by atoms with Crippen LogP contribution in [0.15, 0.2) is 24.3 Å². The maximum atomic E-state index is 12.7. The van der Waals surface area contributed by atoms with E-state index >= 15 is 0 Å². The number of nitrogens with zero attached hydrogens (tertiary/aromatic N) is 2. The summed E-state index contributed by atoms with van der Waals surface area (Å²) in [4.78, 5) is 30.7. The van der Waals surface area contributed by atoms with Crippen LogP contribution in [-0.4, -0.2) is 23.5 Å². The van der Waals surface area contributed by atoms with Gasteiger partial charge in [-0.15, -0.1) is 11.3 Å². The minimum Gasteiger partial charge on any atom is -0.452 e. The van der Waals surface area contributed by atoms with Gasteiger partial charge in [0, 0.05) is 10.3 Å². The average Bonchev–Trinajstić information content (AvgIpc) is 3.09. The minimum atomic E-state index is -0.579. The van der Waals surface area contributed by atoms with Crippen LogP contribution in [0, 0.1) is 25.2 Å². The number of pyridine rings is 1. The molecule has 152 valence electrons. The summed E-state index contributed by atoms with van der Waals surface area (Å²) < 4.78 is 5.28. The normalized spacial score (nSPS) is 12.8. The van der Waals surface area contributed by atoms with Gasteiger partial charge >= 0.3 is 5.97 Å². The number of nitriles is 1. The summed E-state index contributed by atoms with van der Waals surface area (Å²) in [6.45, 7) is 3.19. The highest BCUT2D eigenvalue weighted by Gasteiger charge is 2.23. The van der Waals surface area contributed by atoms with E-state index in [0.29, 0.717) is 21.8 Å². The lowest BCUT2D eigenvalue weighted by atomic mass is 9.96. The summed E-state index contributed by atoms with van der Waals surface area (Å²) >= 11 is 1.45. The molecule has 2 aromatic heterocycles.